The predicted molar refractivity (Wildman–Crippen MR) is 62.2 cm³/mol. The van der Waals surface area contributed by atoms with Crippen molar-refractivity contribution in [3.8, 4) is 0 Å². The average molecular weight is 240 g/mol. The van der Waals surface area contributed by atoms with Crippen molar-refractivity contribution in [3.63, 3.8) is 0 Å². The van der Waals surface area contributed by atoms with Crippen molar-refractivity contribution in [3.05, 3.63) is 0 Å². The molecule has 0 saturated carbocycles. The average Bonchev–Trinajstić information content (AvgIpc) is 2.85. The van der Waals surface area contributed by atoms with E-state index < -0.39 is 5.60 Å². The largest absolute Gasteiger partial charge is 0.343 e. The van der Waals surface area contributed by atoms with Crippen LogP contribution >= 0.6 is 0 Å². The van der Waals surface area contributed by atoms with E-state index in [1.54, 1.807) is 9.80 Å². The summed E-state index contributed by atoms with van der Waals surface area (Å²) < 4.78 is 5.70. The van der Waals surface area contributed by atoms with Crippen LogP contribution in [0, 0.1) is 0 Å². The molecule has 2 amide bonds. The third-order valence-corrected chi connectivity index (χ3v) is 3.64. The van der Waals surface area contributed by atoms with Gasteiger partial charge in [-0.1, -0.05) is 6.92 Å². The zero-order valence-corrected chi connectivity index (χ0v) is 10.7. The van der Waals surface area contributed by atoms with Gasteiger partial charge in [0.15, 0.2) is 5.60 Å². The molecular formula is C12H20N2O3. The first-order valence-electron chi connectivity index (χ1n) is 6.23. The van der Waals surface area contributed by atoms with Gasteiger partial charge in [0.25, 0.3) is 5.91 Å². The van der Waals surface area contributed by atoms with E-state index in [1.807, 2.05) is 20.8 Å². The molecule has 0 N–H and O–H groups in total. The van der Waals surface area contributed by atoms with Crippen LogP contribution in [-0.4, -0.2) is 53.1 Å². The van der Waals surface area contributed by atoms with Crippen LogP contribution in [-0.2, 0) is 14.3 Å². The molecule has 0 aliphatic carbocycles. The van der Waals surface area contributed by atoms with Gasteiger partial charge in [-0.25, -0.2) is 0 Å². The van der Waals surface area contributed by atoms with Crippen LogP contribution < -0.4 is 0 Å². The SMILES string of the molecule is CCC(=O)N1CCC2(C1)OCN(C(C)C)C2=O. The molecule has 2 fully saturated rings. The van der Waals surface area contributed by atoms with E-state index in [1.165, 1.54) is 0 Å². The summed E-state index contributed by atoms with van der Waals surface area (Å²) in [6.45, 7) is 7.19. The summed E-state index contributed by atoms with van der Waals surface area (Å²) >= 11 is 0. The normalized spacial score (nSPS) is 28.8. The Balaban J connectivity index is 2.09. The molecular weight excluding hydrogens is 220 g/mol. The summed E-state index contributed by atoms with van der Waals surface area (Å²) in [5, 5.41) is 0. The zero-order valence-electron chi connectivity index (χ0n) is 10.7. The van der Waals surface area contributed by atoms with Gasteiger partial charge in [0.2, 0.25) is 5.91 Å². The fourth-order valence-corrected chi connectivity index (χ4v) is 2.47. The number of carbonyl (C=O) groups excluding carboxylic acids is 2. The van der Waals surface area contributed by atoms with Gasteiger partial charge in [0, 0.05) is 25.4 Å². The van der Waals surface area contributed by atoms with Gasteiger partial charge in [0.1, 0.15) is 6.73 Å². The first-order chi connectivity index (χ1) is 8.00. The van der Waals surface area contributed by atoms with Crippen LogP contribution in [0.4, 0.5) is 0 Å². The van der Waals surface area contributed by atoms with E-state index in [4.69, 9.17) is 4.74 Å². The van der Waals surface area contributed by atoms with Gasteiger partial charge >= 0.3 is 0 Å². The maximum Gasteiger partial charge on any atom is 0.258 e. The summed E-state index contributed by atoms with van der Waals surface area (Å²) in [7, 11) is 0. The van der Waals surface area contributed by atoms with Crippen molar-refractivity contribution in [1.29, 1.82) is 0 Å². The number of hydrogen-bond acceptors (Lipinski definition) is 3. The van der Waals surface area contributed by atoms with Crippen LogP contribution in [0.5, 0.6) is 0 Å². The van der Waals surface area contributed by atoms with E-state index >= 15 is 0 Å². The Morgan fingerprint density at radius 1 is 1.53 bits per heavy atom. The molecule has 96 valence electrons. The third-order valence-electron chi connectivity index (χ3n) is 3.64. The Bertz CT molecular complexity index is 343. The van der Waals surface area contributed by atoms with Gasteiger partial charge in [-0.2, -0.15) is 0 Å². The number of rotatable bonds is 2. The summed E-state index contributed by atoms with van der Waals surface area (Å²) in [5.41, 5.74) is -0.755. The summed E-state index contributed by atoms with van der Waals surface area (Å²) in [6.07, 6.45) is 1.11. The second-order valence-electron chi connectivity index (χ2n) is 5.06. The van der Waals surface area contributed by atoms with Gasteiger partial charge < -0.3 is 14.5 Å². The molecule has 1 atom stereocenters. The number of amides is 2. The van der Waals surface area contributed by atoms with Crippen LogP contribution in [0.3, 0.4) is 0 Å². The molecule has 5 nitrogen and oxygen atoms in total. The molecule has 2 aliphatic rings. The van der Waals surface area contributed by atoms with Gasteiger partial charge in [-0.15, -0.1) is 0 Å². The highest BCUT2D eigenvalue weighted by molar-refractivity contribution is 5.89. The molecule has 5 heteroatoms. The fourth-order valence-electron chi connectivity index (χ4n) is 2.47. The van der Waals surface area contributed by atoms with E-state index in [0.29, 0.717) is 32.7 Å². The monoisotopic (exact) mass is 240 g/mol. The number of ether oxygens (including phenoxy) is 1. The molecule has 0 aromatic rings. The summed E-state index contributed by atoms with van der Waals surface area (Å²) in [4.78, 5) is 27.4. The predicted octanol–water partition coefficient (Wildman–Crippen LogP) is 0.592. The van der Waals surface area contributed by atoms with E-state index in [-0.39, 0.29) is 17.9 Å². The standard InChI is InChI=1S/C12H20N2O3/c1-4-10(15)13-6-5-12(7-13)11(16)14(8-17-12)9(2)3/h9H,4-8H2,1-3H3. The lowest BCUT2D eigenvalue weighted by molar-refractivity contribution is -0.138. The second-order valence-corrected chi connectivity index (χ2v) is 5.06. The lowest BCUT2D eigenvalue weighted by Crippen LogP contribution is -2.45. The van der Waals surface area contributed by atoms with Crippen LogP contribution in [0.1, 0.15) is 33.6 Å². The highest BCUT2D eigenvalue weighted by atomic mass is 16.5. The van der Waals surface area contributed by atoms with E-state index in [9.17, 15) is 9.59 Å². The molecule has 1 spiro atoms. The Hall–Kier alpha value is -1.10. The molecule has 0 bridgehead atoms. The minimum atomic E-state index is -0.755. The summed E-state index contributed by atoms with van der Waals surface area (Å²) in [5.74, 6) is 0.139. The Morgan fingerprint density at radius 2 is 2.24 bits per heavy atom. The maximum atomic E-state index is 12.3. The lowest BCUT2D eigenvalue weighted by Gasteiger charge is -2.23. The highest BCUT2D eigenvalue weighted by Gasteiger charge is 2.53. The van der Waals surface area contributed by atoms with Crippen molar-refractivity contribution in [1.82, 2.24) is 9.80 Å². The molecule has 2 aliphatic heterocycles. The molecule has 17 heavy (non-hydrogen) atoms. The number of carbonyl (C=O) groups is 2. The van der Waals surface area contributed by atoms with Crippen molar-refractivity contribution < 1.29 is 14.3 Å². The fraction of sp³-hybridized carbons (Fsp3) is 0.833. The van der Waals surface area contributed by atoms with Crippen molar-refractivity contribution in [2.45, 2.75) is 45.3 Å². The van der Waals surface area contributed by atoms with Crippen LogP contribution in [0.25, 0.3) is 0 Å². The number of nitrogens with zero attached hydrogens (tertiary/aromatic N) is 2. The Kier molecular flexibility index (Phi) is 3.12. The smallest absolute Gasteiger partial charge is 0.258 e. The maximum absolute atomic E-state index is 12.3. The van der Waals surface area contributed by atoms with Crippen molar-refractivity contribution in [2.24, 2.45) is 0 Å². The lowest BCUT2D eigenvalue weighted by atomic mass is 10.0. The molecule has 1 unspecified atom stereocenters. The molecule has 2 saturated heterocycles. The van der Waals surface area contributed by atoms with E-state index in [2.05, 4.69) is 0 Å². The Morgan fingerprint density at radius 3 is 2.76 bits per heavy atom. The molecule has 0 aromatic heterocycles. The zero-order chi connectivity index (χ0) is 12.6. The topological polar surface area (TPSA) is 49.9 Å². The van der Waals surface area contributed by atoms with Crippen molar-refractivity contribution >= 4 is 11.8 Å². The Labute approximate surface area is 102 Å². The molecule has 2 rings (SSSR count). The summed E-state index contributed by atoms with van der Waals surface area (Å²) in [6, 6.07) is 0.151. The van der Waals surface area contributed by atoms with Crippen molar-refractivity contribution in [2.75, 3.05) is 19.8 Å². The van der Waals surface area contributed by atoms with Gasteiger partial charge in [-0.3, -0.25) is 9.59 Å². The quantitative estimate of drug-likeness (QED) is 0.710. The first kappa shape index (κ1) is 12.4. The molecule has 0 aromatic carbocycles. The van der Waals surface area contributed by atoms with Crippen LogP contribution in [0.15, 0.2) is 0 Å². The third kappa shape index (κ3) is 1.92. The van der Waals surface area contributed by atoms with Gasteiger partial charge in [-0.05, 0) is 13.8 Å². The number of hydrogen-bond donors (Lipinski definition) is 0. The minimum Gasteiger partial charge on any atom is -0.343 e. The minimum absolute atomic E-state index is 0.0407. The highest BCUT2D eigenvalue weighted by Crippen LogP contribution is 2.33. The molecule has 2 heterocycles. The second kappa shape index (κ2) is 4.29. The molecule has 0 radical (unpaired) electrons. The first-order valence-corrected chi connectivity index (χ1v) is 6.23. The van der Waals surface area contributed by atoms with E-state index in [0.717, 1.165) is 0 Å². The number of likely N-dealkylation sites (tertiary alicyclic amines) is 1. The van der Waals surface area contributed by atoms with Gasteiger partial charge in [0.05, 0.1) is 6.54 Å². The van der Waals surface area contributed by atoms with Crippen LogP contribution in [0.2, 0.25) is 0 Å².